The van der Waals surface area contributed by atoms with Crippen molar-refractivity contribution in [2.24, 2.45) is 5.41 Å². The number of aromatic nitrogens is 5. The first-order chi connectivity index (χ1) is 19.1. The first kappa shape index (κ1) is 24.2. The summed E-state index contributed by atoms with van der Waals surface area (Å²) in [6.45, 7) is 3.98. The van der Waals surface area contributed by atoms with Crippen LogP contribution in [0.2, 0.25) is 0 Å². The molecule has 2 aliphatic heterocycles. The van der Waals surface area contributed by atoms with Crippen molar-refractivity contribution in [3.05, 3.63) is 94.5 Å². The standard InChI is InChI=1S/C29H30FN7O2/c30-21-5-3-20(4-6-21)25-14-26(25)31-11-1-2-22-15-36(23-7-9-24(10-8-23)37-13-12-32-34-37)28(38)27(33-22)35-16-29(17-35)18-39-19-29/h3-10,12-13,15,25-26,31H,1-2,11,14,16-19H2/t25-,26+/m0/s1. The lowest BCUT2D eigenvalue weighted by Gasteiger charge is -2.55. The molecule has 1 saturated carbocycles. The second kappa shape index (κ2) is 9.69. The predicted molar refractivity (Wildman–Crippen MR) is 144 cm³/mol. The SMILES string of the molecule is O=c1c(N2CC3(COC3)C2)nc(CCCN[C@@H]2C[C@H]2c2ccc(F)cc2)cn1-c1ccc(-n2ccnn2)cc1. The Bertz CT molecular complexity index is 1510. The van der Waals surface area contributed by atoms with E-state index in [2.05, 4.69) is 20.5 Å². The normalized spacial score (nSPS) is 21.0. The third kappa shape index (κ3) is 4.74. The zero-order valence-corrected chi connectivity index (χ0v) is 21.5. The Labute approximate surface area is 225 Å². The van der Waals surface area contributed by atoms with Gasteiger partial charge in [0.1, 0.15) is 5.82 Å². The number of halogens is 1. The number of aryl methyl sites for hydroxylation is 1. The Balaban J connectivity index is 1.06. The van der Waals surface area contributed by atoms with Gasteiger partial charge in [0.2, 0.25) is 0 Å². The third-order valence-corrected chi connectivity index (χ3v) is 8.03. The molecule has 0 radical (unpaired) electrons. The molecular weight excluding hydrogens is 497 g/mol. The van der Waals surface area contributed by atoms with E-state index >= 15 is 0 Å². The van der Waals surface area contributed by atoms with Crippen molar-refractivity contribution in [2.45, 2.75) is 31.2 Å². The maximum absolute atomic E-state index is 13.6. The van der Waals surface area contributed by atoms with E-state index in [9.17, 15) is 9.18 Å². The average molecular weight is 528 g/mol. The van der Waals surface area contributed by atoms with E-state index in [-0.39, 0.29) is 16.8 Å². The van der Waals surface area contributed by atoms with Gasteiger partial charge in [-0.15, -0.1) is 5.10 Å². The van der Waals surface area contributed by atoms with Crippen LogP contribution in [-0.2, 0) is 11.2 Å². The van der Waals surface area contributed by atoms with Gasteiger partial charge < -0.3 is 15.0 Å². The maximum Gasteiger partial charge on any atom is 0.298 e. The largest absolute Gasteiger partial charge is 0.380 e. The molecule has 4 aromatic rings. The van der Waals surface area contributed by atoms with Gasteiger partial charge in [-0.05, 0) is 67.8 Å². The van der Waals surface area contributed by atoms with Gasteiger partial charge in [0.15, 0.2) is 5.82 Å². The van der Waals surface area contributed by atoms with Gasteiger partial charge in [-0.2, -0.15) is 0 Å². The van der Waals surface area contributed by atoms with Crippen molar-refractivity contribution >= 4 is 5.82 Å². The lowest BCUT2D eigenvalue weighted by molar-refractivity contribution is -0.127. The molecule has 0 bridgehead atoms. The lowest BCUT2D eigenvalue weighted by Crippen LogP contribution is -2.67. The fraction of sp³-hybridized carbons (Fsp3) is 0.379. The molecule has 4 heterocycles. The van der Waals surface area contributed by atoms with Crippen LogP contribution in [0.5, 0.6) is 0 Å². The monoisotopic (exact) mass is 527 g/mol. The van der Waals surface area contributed by atoms with Crippen molar-refractivity contribution in [2.75, 3.05) is 37.7 Å². The van der Waals surface area contributed by atoms with Gasteiger partial charge in [-0.25, -0.2) is 14.1 Å². The van der Waals surface area contributed by atoms with Gasteiger partial charge in [-0.1, -0.05) is 17.3 Å². The van der Waals surface area contributed by atoms with Gasteiger partial charge in [0.25, 0.3) is 5.56 Å². The van der Waals surface area contributed by atoms with E-state index in [1.807, 2.05) is 42.6 Å². The molecule has 0 amide bonds. The van der Waals surface area contributed by atoms with Crippen molar-refractivity contribution in [3.8, 4) is 11.4 Å². The fourth-order valence-electron chi connectivity index (χ4n) is 5.70. The Morgan fingerprint density at radius 2 is 1.82 bits per heavy atom. The molecule has 2 saturated heterocycles. The summed E-state index contributed by atoms with van der Waals surface area (Å²) in [6, 6.07) is 15.0. The van der Waals surface area contributed by atoms with Crippen molar-refractivity contribution in [3.63, 3.8) is 0 Å². The summed E-state index contributed by atoms with van der Waals surface area (Å²) in [6.07, 6.45) is 8.02. The molecule has 7 rings (SSSR count). The van der Waals surface area contributed by atoms with Gasteiger partial charge >= 0.3 is 0 Å². The number of rotatable bonds is 9. The summed E-state index contributed by atoms with van der Waals surface area (Å²) in [5.41, 5.74) is 3.81. The summed E-state index contributed by atoms with van der Waals surface area (Å²) in [4.78, 5) is 20.5. The molecule has 39 heavy (non-hydrogen) atoms. The van der Waals surface area contributed by atoms with Crippen molar-refractivity contribution < 1.29 is 9.13 Å². The molecule has 0 unspecified atom stereocenters. The minimum Gasteiger partial charge on any atom is -0.380 e. The molecule has 1 spiro atoms. The average Bonchev–Trinajstić information content (AvgIpc) is 3.45. The molecule has 2 atom stereocenters. The number of benzene rings is 2. The zero-order chi connectivity index (χ0) is 26.4. The van der Waals surface area contributed by atoms with Crippen LogP contribution in [0.25, 0.3) is 11.4 Å². The number of ether oxygens (including phenoxy) is 1. The van der Waals surface area contributed by atoms with E-state index in [0.717, 1.165) is 69.2 Å². The predicted octanol–water partition coefficient (Wildman–Crippen LogP) is 2.87. The number of nitrogens with one attached hydrogen (secondary N) is 1. The van der Waals surface area contributed by atoms with Crippen LogP contribution in [0, 0.1) is 11.2 Å². The topological polar surface area (TPSA) is 90.1 Å². The number of hydrogen-bond donors (Lipinski definition) is 1. The van der Waals surface area contributed by atoms with Crippen LogP contribution in [-0.4, -0.2) is 63.4 Å². The molecule has 9 nitrogen and oxygen atoms in total. The van der Waals surface area contributed by atoms with Crippen LogP contribution in [0.15, 0.2) is 71.9 Å². The summed E-state index contributed by atoms with van der Waals surface area (Å²) in [5, 5.41) is 11.5. The molecule has 10 heteroatoms. The van der Waals surface area contributed by atoms with Gasteiger partial charge in [0, 0.05) is 36.9 Å². The highest BCUT2D eigenvalue weighted by Crippen LogP contribution is 2.41. The van der Waals surface area contributed by atoms with Crippen LogP contribution in [0.3, 0.4) is 0 Å². The summed E-state index contributed by atoms with van der Waals surface area (Å²) in [7, 11) is 0. The smallest absolute Gasteiger partial charge is 0.298 e. The van der Waals surface area contributed by atoms with Crippen LogP contribution >= 0.6 is 0 Å². The van der Waals surface area contributed by atoms with E-state index < -0.39 is 0 Å². The highest BCUT2D eigenvalue weighted by atomic mass is 19.1. The van der Waals surface area contributed by atoms with E-state index in [1.54, 1.807) is 21.6 Å². The van der Waals surface area contributed by atoms with Crippen molar-refractivity contribution in [1.29, 1.82) is 0 Å². The number of anilines is 1. The molecule has 1 N–H and O–H groups in total. The van der Waals surface area contributed by atoms with E-state index in [4.69, 9.17) is 9.72 Å². The third-order valence-electron chi connectivity index (χ3n) is 8.03. The van der Waals surface area contributed by atoms with Crippen LogP contribution < -0.4 is 15.8 Å². The second-order valence-corrected chi connectivity index (χ2v) is 11.0. The summed E-state index contributed by atoms with van der Waals surface area (Å²) < 4.78 is 22.0. The quantitative estimate of drug-likeness (QED) is 0.335. The minimum absolute atomic E-state index is 0.111. The Morgan fingerprint density at radius 1 is 1.05 bits per heavy atom. The molecule has 1 aliphatic carbocycles. The zero-order valence-electron chi connectivity index (χ0n) is 21.5. The van der Waals surface area contributed by atoms with Crippen molar-refractivity contribution in [1.82, 2.24) is 29.9 Å². The molecule has 3 aliphatic rings. The summed E-state index contributed by atoms with van der Waals surface area (Å²) >= 11 is 0. The first-order valence-corrected chi connectivity index (χ1v) is 13.5. The summed E-state index contributed by atoms with van der Waals surface area (Å²) in [5.74, 6) is 0.765. The molecule has 2 aromatic heterocycles. The molecule has 200 valence electrons. The van der Waals surface area contributed by atoms with E-state index in [0.29, 0.717) is 17.8 Å². The number of hydrogen-bond acceptors (Lipinski definition) is 7. The number of nitrogens with zero attached hydrogens (tertiary/aromatic N) is 6. The van der Waals surface area contributed by atoms with Crippen LogP contribution in [0.1, 0.15) is 30.0 Å². The highest BCUT2D eigenvalue weighted by molar-refractivity contribution is 5.47. The second-order valence-electron chi connectivity index (χ2n) is 11.0. The Hall–Kier alpha value is -3.89. The van der Waals surface area contributed by atoms with Gasteiger partial charge in [-0.3, -0.25) is 9.36 Å². The van der Waals surface area contributed by atoms with E-state index in [1.165, 1.54) is 17.7 Å². The molecule has 2 aromatic carbocycles. The fourth-order valence-corrected chi connectivity index (χ4v) is 5.70. The first-order valence-electron chi connectivity index (χ1n) is 13.5. The Kier molecular flexibility index (Phi) is 6.01. The molecular formula is C29H30FN7O2. The van der Waals surface area contributed by atoms with Crippen LogP contribution in [0.4, 0.5) is 10.2 Å². The maximum atomic E-state index is 13.6. The molecule has 3 fully saturated rings. The Morgan fingerprint density at radius 3 is 2.51 bits per heavy atom. The lowest BCUT2D eigenvalue weighted by atomic mass is 9.78. The minimum atomic E-state index is -0.197. The highest BCUT2D eigenvalue weighted by Gasteiger charge is 2.50. The van der Waals surface area contributed by atoms with Gasteiger partial charge in [0.05, 0.1) is 42.4 Å².